The number of rotatable bonds is 31. The SMILES string of the molecule is C[C@@H](Cc1cccs1)Nc1cc[nH]c(=O)c1C1=Nc2cc3c(cc2C1)C(=O)N(C1CCN(C)CC1)C3.C[C@H](Nc1cc[nH]c(=O)c1C1=Nc2cc3c(cc2C1)C(=O)N(CCCN1CCCC1)C3)[C@H](O)c1ccccc1.Cc1ccsc1C[C@H](C)Nc1cc[nH]c(=O)c1-c1nc2cc3c(cc2[nH]1)CN(CCN1CCCC1)C3=O.Cc1ccsc1C[C@H](C)Nc1cc[nH]c(=O)c1-c1nc2cc3c(cc2[nH]1)CN(CCN1CCC[C@H]1C)C3=O. The molecule has 19 heterocycles. The molecule has 31 nitrogen and oxygen atoms in total. The van der Waals surface area contributed by atoms with Gasteiger partial charge >= 0.3 is 0 Å². The highest BCUT2D eigenvalue weighted by molar-refractivity contribution is 7.10. The van der Waals surface area contributed by atoms with Crippen molar-refractivity contribution >= 4 is 125 Å². The number of hydrogen-bond donors (Lipinski definition) is 11. The first-order valence-corrected chi connectivity index (χ1v) is 55.7. The number of aliphatic hydroxyl groups is 1. The molecule has 24 rings (SSSR count). The van der Waals surface area contributed by atoms with E-state index in [2.05, 4.69) is 171 Å². The molecule has 0 aliphatic carbocycles. The van der Waals surface area contributed by atoms with Crippen molar-refractivity contribution in [2.75, 3.05) is 113 Å². The standard InChI is InChI=1S/C31H35N5O3.C29H34N6O2S.C28H32N6O2S.C28H31N5O2S/c1-20(29(37)21-8-3-2-4-9-21)33-25-10-11-32-30(38)28(25)27-17-22-16-24-23(18-26(22)34-27)19-36(31(24)39)15-7-14-35-12-5-6-13-35;1-17-7-12-38-25(17)13-18(2)31-22-6-8-30-28(36)26(22)27-32-23-14-20-16-35(11-10-34-9-4-5-19(34)3)29(37)21(20)15-24(23)33-27;1-17-6-12-37-24(17)13-18(2)30-21-5-7-29-27(35)25(21)26-31-22-14-19-16-34(11-10-33-8-3-4-9-33)28(36)20(19)15-23(22)32-26;1-17(12-21-4-3-11-36-21)30-23-5-8-29-27(34)26(23)25-14-18-13-22-19(15-24(18)31-25)16-33(28(22)35)20-6-9-32(2)10-7-20/h2-4,8-11,16,18,20,29,37H,5-7,12-15,17,19H2,1H3,(H2,32,33,38);6-8,12,14-15,18-19H,4-5,9-11,13,16H2,1-3H3,(H,32,33)(H2,30,31,36);5-7,12,14-15,18H,3-4,8-11,13,16H2,1-2H3,(H,31,32)(H2,29,30,35);3-5,8,11,13,15,17,20H,6-7,9-10,12,14,16H2,1-2H3,(H2,29,30,34)/t20-,29-;18-,19+;18-;17-/m0000/s1. The van der Waals surface area contributed by atoms with Gasteiger partial charge in [0.1, 0.15) is 22.8 Å². The van der Waals surface area contributed by atoms with Crippen molar-refractivity contribution < 1.29 is 24.3 Å². The highest BCUT2D eigenvalue weighted by Crippen LogP contribution is 2.42. The van der Waals surface area contributed by atoms with Crippen LogP contribution in [0.25, 0.3) is 44.8 Å². The second kappa shape index (κ2) is 44.7. The van der Waals surface area contributed by atoms with Gasteiger partial charge in [-0.15, -0.1) is 34.0 Å². The predicted molar refractivity (Wildman–Crippen MR) is 599 cm³/mol. The summed E-state index contributed by atoms with van der Waals surface area (Å²) in [4.78, 5) is 163. The van der Waals surface area contributed by atoms with Gasteiger partial charge in [0.2, 0.25) is 0 Å². The van der Waals surface area contributed by atoms with Gasteiger partial charge in [0.05, 0.1) is 90.9 Å². The van der Waals surface area contributed by atoms with Crippen LogP contribution >= 0.6 is 34.0 Å². The normalized spacial score (nSPS) is 18.0. The maximum atomic E-state index is 13.3. The number of amides is 4. The van der Waals surface area contributed by atoms with Crippen LogP contribution in [0.5, 0.6) is 0 Å². The monoisotopic (exact) mass is 2070 g/mol. The van der Waals surface area contributed by atoms with Crippen LogP contribution < -0.4 is 43.5 Å². The first-order valence-electron chi connectivity index (χ1n) is 53.1. The number of carbonyl (C=O) groups excluding carboxylic acids is 4. The molecule has 0 spiro atoms. The number of likely N-dealkylation sites (tertiary alicyclic amines) is 4. The highest BCUT2D eigenvalue weighted by Gasteiger charge is 2.40. The molecule has 0 bridgehead atoms. The fourth-order valence-electron chi connectivity index (χ4n) is 23.0. The molecule has 5 aromatic carbocycles. The van der Waals surface area contributed by atoms with Gasteiger partial charge in [-0.3, -0.25) is 53.2 Å². The summed E-state index contributed by atoms with van der Waals surface area (Å²) in [5.74, 6) is 1.36. The molecule has 10 aliphatic heterocycles. The second-order valence-electron chi connectivity index (χ2n) is 42.1. The Morgan fingerprint density at radius 2 is 0.880 bits per heavy atom. The Morgan fingerprint density at radius 3 is 1.37 bits per heavy atom. The minimum atomic E-state index is -0.742. The van der Waals surface area contributed by atoms with Crippen LogP contribution in [0.3, 0.4) is 0 Å². The minimum Gasteiger partial charge on any atom is -0.386 e. The molecule has 0 radical (unpaired) electrons. The molecular formula is C116H132N22O9S3. The summed E-state index contributed by atoms with van der Waals surface area (Å²) in [5, 5.41) is 31.1. The van der Waals surface area contributed by atoms with Gasteiger partial charge in [0.25, 0.3) is 45.9 Å². The number of fused-ring (bicyclic) bond motifs is 8. The number of nitrogens with one attached hydrogen (secondary N) is 10. The fourth-order valence-corrected chi connectivity index (χ4v) is 25.9. The molecule has 11 N–H and O–H groups in total. The van der Waals surface area contributed by atoms with Crippen molar-refractivity contribution in [2.24, 2.45) is 9.98 Å². The number of anilines is 4. The van der Waals surface area contributed by atoms with Gasteiger partial charge in [0, 0.05) is 183 Å². The van der Waals surface area contributed by atoms with Crippen LogP contribution in [0.2, 0.25) is 0 Å². The van der Waals surface area contributed by atoms with E-state index in [-0.39, 0.29) is 70.0 Å². The largest absolute Gasteiger partial charge is 0.386 e. The number of imidazole rings is 2. The smallest absolute Gasteiger partial charge is 0.261 e. The highest BCUT2D eigenvalue weighted by atomic mass is 32.1. The molecule has 0 unspecified atom stereocenters. The predicted octanol–water partition coefficient (Wildman–Crippen LogP) is 17.4. The Morgan fingerprint density at radius 1 is 0.427 bits per heavy atom. The van der Waals surface area contributed by atoms with Crippen LogP contribution in [0.4, 0.5) is 34.1 Å². The summed E-state index contributed by atoms with van der Waals surface area (Å²) in [6, 6.07) is 42.2. The summed E-state index contributed by atoms with van der Waals surface area (Å²) >= 11 is 5.25. The number of H-pyrrole nitrogens is 6. The molecule has 34 heteroatoms. The topological polar surface area (TPSA) is 376 Å². The van der Waals surface area contributed by atoms with Gasteiger partial charge in [-0.2, -0.15) is 0 Å². The van der Waals surface area contributed by atoms with E-state index in [1.54, 1.807) is 64.9 Å². The first-order chi connectivity index (χ1) is 72.8. The number of aliphatic imine (C=N–C) groups is 2. The zero-order chi connectivity index (χ0) is 104. The lowest BCUT2D eigenvalue weighted by atomic mass is 9.99. The fraction of sp³-hybridized carbons (Fsp3) is 0.397. The van der Waals surface area contributed by atoms with Crippen molar-refractivity contribution in [1.82, 2.24) is 79.1 Å². The van der Waals surface area contributed by atoms with E-state index in [4.69, 9.17) is 20.0 Å². The van der Waals surface area contributed by atoms with Crippen molar-refractivity contribution in [3.8, 4) is 22.8 Å². The molecule has 4 saturated heterocycles. The summed E-state index contributed by atoms with van der Waals surface area (Å²) in [6.07, 6.45) is 20.1. The molecule has 778 valence electrons. The summed E-state index contributed by atoms with van der Waals surface area (Å²) in [7, 11) is 2.14. The number of nitrogens with zero attached hydrogens (tertiary/aromatic N) is 12. The summed E-state index contributed by atoms with van der Waals surface area (Å²) < 4.78 is 0. The van der Waals surface area contributed by atoms with E-state index in [9.17, 15) is 43.5 Å². The van der Waals surface area contributed by atoms with Gasteiger partial charge in [0.15, 0.2) is 0 Å². The van der Waals surface area contributed by atoms with E-state index < -0.39 is 6.10 Å². The number of aliphatic hydroxyl groups excluding tert-OH is 1. The number of aryl methyl sites for hydroxylation is 2. The molecule has 14 aromatic rings. The maximum absolute atomic E-state index is 13.3. The van der Waals surface area contributed by atoms with Crippen molar-refractivity contribution in [2.45, 2.75) is 207 Å². The number of thiophene rings is 3. The van der Waals surface area contributed by atoms with E-state index in [1.165, 1.54) is 77.4 Å². The quantitative estimate of drug-likeness (QED) is 0.0192. The van der Waals surface area contributed by atoms with E-state index in [1.807, 2.05) is 113 Å². The number of pyridine rings is 4. The van der Waals surface area contributed by atoms with Gasteiger partial charge in [-0.05, 0) is 323 Å². The van der Waals surface area contributed by atoms with Crippen molar-refractivity contribution in [3.05, 3.63) is 308 Å². The van der Waals surface area contributed by atoms with E-state index in [0.29, 0.717) is 119 Å². The minimum absolute atomic E-state index is 0.0657. The van der Waals surface area contributed by atoms with Crippen LogP contribution in [0.15, 0.2) is 197 Å². The van der Waals surface area contributed by atoms with Gasteiger partial charge in [-0.1, -0.05) is 36.4 Å². The lowest BCUT2D eigenvalue weighted by Crippen LogP contribution is -2.43. The molecule has 0 saturated carbocycles. The second-order valence-corrected chi connectivity index (χ2v) is 45.2. The third-order valence-corrected chi connectivity index (χ3v) is 34.3. The Bertz CT molecular complexity index is 7700. The first kappa shape index (κ1) is 102. The molecule has 9 aromatic heterocycles. The zero-order valence-electron chi connectivity index (χ0n) is 86.4. The van der Waals surface area contributed by atoms with Crippen LogP contribution in [0.1, 0.15) is 216 Å². The van der Waals surface area contributed by atoms with Gasteiger partial charge < -0.3 is 90.6 Å². The maximum Gasteiger partial charge on any atom is 0.261 e. The van der Waals surface area contributed by atoms with Gasteiger partial charge in [-0.25, -0.2) is 9.97 Å². The zero-order valence-corrected chi connectivity index (χ0v) is 88.9. The molecule has 4 fully saturated rings. The van der Waals surface area contributed by atoms with Crippen LogP contribution in [0, 0.1) is 13.8 Å². The lowest BCUT2D eigenvalue weighted by Gasteiger charge is -2.34. The molecule has 4 amide bonds. The number of hydrogen-bond acceptors (Lipinski definition) is 24. The molecule has 150 heavy (non-hydrogen) atoms. The molecule has 6 atom stereocenters. The van der Waals surface area contributed by atoms with Crippen LogP contribution in [-0.2, 0) is 58.3 Å². The van der Waals surface area contributed by atoms with Crippen molar-refractivity contribution in [1.29, 1.82) is 0 Å². The number of aromatic amines is 6. The Hall–Kier alpha value is -13.8. The lowest BCUT2D eigenvalue weighted by molar-refractivity contribution is 0.0616. The van der Waals surface area contributed by atoms with E-state index >= 15 is 0 Å². The number of carbonyl (C=O) groups is 4. The average Bonchev–Trinajstić information content (AvgIpc) is 1.59. The Labute approximate surface area is 883 Å². The summed E-state index contributed by atoms with van der Waals surface area (Å²) in [6.45, 7) is 30.2. The average molecular weight is 2070 g/mol. The third kappa shape index (κ3) is 22.2. The van der Waals surface area contributed by atoms with E-state index in [0.717, 1.165) is 206 Å². The molecule has 10 aliphatic rings. The molecular weight excluding hydrogens is 1940 g/mol. The number of piperidine rings is 1. The third-order valence-electron chi connectivity index (χ3n) is 31.3. The Balaban J connectivity index is 0.000000117. The summed E-state index contributed by atoms with van der Waals surface area (Å²) in [5.41, 5.74) is 22.7. The number of aromatic nitrogens is 8. The van der Waals surface area contributed by atoms with Crippen LogP contribution in [-0.4, -0.2) is 248 Å². The Kier molecular flexibility index (Phi) is 30.4. The number of benzene rings is 5. The van der Waals surface area contributed by atoms with Crippen molar-refractivity contribution in [3.63, 3.8) is 0 Å².